The highest BCUT2D eigenvalue weighted by Gasteiger charge is 2.13. The van der Waals surface area contributed by atoms with Crippen LogP contribution in [0, 0.1) is 6.92 Å². The number of rotatable bonds is 7. The van der Waals surface area contributed by atoms with Gasteiger partial charge in [0.2, 0.25) is 0 Å². The summed E-state index contributed by atoms with van der Waals surface area (Å²) in [5.74, 6) is 1.24. The number of amides is 1. The van der Waals surface area contributed by atoms with Crippen molar-refractivity contribution in [1.29, 1.82) is 0 Å². The summed E-state index contributed by atoms with van der Waals surface area (Å²) < 4.78 is 5.56. The highest BCUT2D eigenvalue weighted by molar-refractivity contribution is 6.04. The van der Waals surface area contributed by atoms with E-state index in [1.54, 1.807) is 12.3 Å². The number of benzene rings is 2. The Morgan fingerprint density at radius 2 is 1.89 bits per heavy atom. The van der Waals surface area contributed by atoms with Crippen molar-refractivity contribution in [1.82, 2.24) is 4.98 Å². The zero-order valence-electron chi connectivity index (χ0n) is 16.5. The first-order valence-corrected chi connectivity index (χ1v) is 9.45. The van der Waals surface area contributed by atoms with Crippen molar-refractivity contribution < 1.29 is 9.53 Å². The first-order valence-electron chi connectivity index (χ1n) is 9.45. The SMILES string of the molecule is CCOc1ccccc1NC(=O)c1ccc(N(CC)c2cccc(C)c2)nc1. The van der Waals surface area contributed by atoms with Gasteiger partial charge in [-0.25, -0.2) is 4.98 Å². The van der Waals surface area contributed by atoms with Gasteiger partial charge in [0, 0.05) is 18.4 Å². The number of carbonyl (C=O) groups is 1. The van der Waals surface area contributed by atoms with Crippen molar-refractivity contribution >= 4 is 23.1 Å². The molecule has 1 N–H and O–H groups in total. The standard InChI is InChI=1S/C23H25N3O2/c1-4-26(19-10-8-9-17(3)15-19)22-14-13-18(16-24-22)23(27)25-20-11-6-7-12-21(20)28-5-2/h6-16H,4-5H2,1-3H3,(H,25,27). The van der Waals surface area contributed by atoms with Gasteiger partial charge in [-0.2, -0.15) is 0 Å². The summed E-state index contributed by atoms with van der Waals surface area (Å²) in [5.41, 5.74) is 3.42. The second-order valence-electron chi connectivity index (χ2n) is 6.37. The van der Waals surface area contributed by atoms with Gasteiger partial charge in [-0.1, -0.05) is 24.3 Å². The normalized spacial score (nSPS) is 10.4. The van der Waals surface area contributed by atoms with Gasteiger partial charge in [-0.05, 0) is 62.7 Å². The smallest absolute Gasteiger partial charge is 0.257 e. The Labute approximate surface area is 166 Å². The summed E-state index contributed by atoms with van der Waals surface area (Å²) in [5, 5.41) is 2.90. The molecule has 3 rings (SSSR count). The van der Waals surface area contributed by atoms with E-state index in [1.165, 1.54) is 5.56 Å². The molecule has 1 heterocycles. The fraction of sp³-hybridized carbons (Fsp3) is 0.217. The Morgan fingerprint density at radius 1 is 1.07 bits per heavy atom. The molecule has 0 spiro atoms. The molecule has 1 amide bonds. The molecule has 0 saturated carbocycles. The fourth-order valence-corrected chi connectivity index (χ4v) is 3.00. The van der Waals surface area contributed by atoms with Crippen LogP contribution in [0.2, 0.25) is 0 Å². The zero-order chi connectivity index (χ0) is 19.9. The molecule has 0 unspecified atom stereocenters. The molecule has 0 fully saturated rings. The Kier molecular flexibility index (Phi) is 6.27. The molecule has 0 aliphatic rings. The summed E-state index contributed by atoms with van der Waals surface area (Å²) in [7, 11) is 0. The summed E-state index contributed by atoms with van der Waals surface area (Å²) in [4.78, 5) is 19.2. The van der Waals surface area contributed by atoms with E-state index >= 15 is 0 Å². The van der Waals surface area contributed by atoms with E-state index in [2.05, 4.69) is 47.2 Å². The highest BCUT2D eigenvalue weighted by Crippen LogP contribution is 2.26. The summed E-state index contributed by atoms with van der Waals surface area (Å²) in [6, 6.07) is 19.3. The Hall–Kier alpha value is -3.34. The van der Waals surface area contributed by atoms with Gasteiger partial charge in [0.05, 0.1) is 17.9 Å². The van der Waals surface area contributed by atoms with Crippen molar-refractivity contribution in [2.45, 2.75) is 20.8 Å². The lowest BCUT2D eigenvalue weighted by Crippen LogP contribution is -2.18. The van der Waals surface area contributed by atoms with Crippen LogP contribution in [0.5, 0.6) is 5.75 Å². The van der Waals surface area contributed by atoms with E-state index in [9.17, 15) is 4.79 Å². The van der Waals surface area contributed by atoms with E-state index < -0.39 is 0 Å². The summed E-state index contributed by atoms with van der Waals surface area (Å²) in [6.07, 6.45) is 1.60. The lowest BCUT2D eigenvalue weighted by molar-refractivity contribution is 0.102. The van der Waals surface area contributed by atoms with Crippen molar-refractivity contribution in [3.05, 3.63) is 78.0 Å². The minimum absolute atomic E-state index is 0.218. The maximum absolute atomic E-state index is 12.6. The molecule has 0 aliphatic carbocycles. The van der Waals surface area contributed by atoms with Crippen LogP contribution in [0.3, 0.4) is 0 Å². The predicted molar refractivity (Wildman–Crippen MR) is 114 cm³/mol. The molecule has 144 valence electrons. The number of anilines is 3. The third kappa shape index (κ3) is 4.49. The van der Waals surface area contributed by atoms with Crippen molar-refractivity contribution in [2.24, 2.45) is 0 Å². The number of hydrogen-bond donors (Lipinski definition) is 1. The average Bonchev–Trinajstić information content (AvgIpc) is 2.71. The predicted octanol–water partition coefficient (Wildman–Crippen LogP) is 5.20. The molecular weight excluding hydrogens is 350 g/mol. The molecule has 0 radical (unpaired) electrons. The van der Waals surface area contributed by atoms with Crippen molar-refractivity contribution in [3.63, 3.8) is 0 Å². The molecule has 0 saturated heterocycles. The van der Waals surface area contributed by atoms with Crippen LogP contribution in [0.1, 0.15) is 29.8 Å². The number of aromatic nitrogens is 1. The number of hydrogen-bond acceptors (Lipinski definition) is 4. The largest absolute Gasteiger partial charge is 0.492 e. The highest BCUT2D eigenvalue weighted by atomic mass is 16.5. The van der Waals surface area contributed by atoms with Gasteiger partial charge < -0.3 is 15.0 Å². The second kappa shape index (κ2) is 9.04. The third-order valence-electron chi connectivity index (χ3n) is 4.35. The van der Waals surface area contributed by atoms with Gasteiger partial charge in [-0.3, -0.25) is 4.79 Å². The fourth-order valence-electron chi connectivity index (χ4n) is 3.00. The Morgan fingerprint density at radius 3 is 2.57 bits per heavy atom. The topological polar surface area (TPSA) is 54.5 Å². The van der Waals surface area contributed by atoms with Crippen LogP contribution in [-0.4, -0.2) is 24.0 Å². The minimum atomic E-state index is -0.218. The van der Waals surface area contributed by atoms with E-state index in [0.29, 0.717) is 23.6 Å². The average molecular weight is 375 g/mol. The molecule has 0 atom stereocenters. The van der Waals surface area contributed by atoms with Gasteiger partial charge in [0.15, 0.2) is 0 Å². The van der Waals surface area contributed by atoms with Crippen LogP contribution < -0.4 is 15.0 Å². The Bertz CT molecular complexity index is 939. The van der Waals surface area contributed by atoms with Crippen LogP contribution in [0.25, 0.3) is 0 Å². The van der Waals surface area contributed by atoms with Gasteiger partial charge in [0.25, 0.3) is 5.91 Å². The number of pyridine rings is 1. The number of nitrogens with one attached hydrogen (secondary N) is 1. The first-order chi connectivity index (χ1) is 13.6. The van der Waals surface area contributed by atoms with Crippen LogP contribution in [0.15, 0.2) is 66.9 Å². The lowest BCUT2D eigenvalue weighted by Gasteiger charge is -2.22. The van der Waals surface area contributed by atoms with Crippen molar-refractivity contribution in [3.8, 4) is 5.75 Å². The number of aryl methyl sites for hydroxylation is 1. The van der Waals surface area contributed by atoms with Gasteiger partial charge in [-0.15, -0.1) is 0 Å². The molecule has 0 aliphatic heterocycles. The number of para-hydroxylation sites is 2. The van der Waals surface area contributed by atoms with Crippen molar-refractivity contribution in [2.75, 3.05) is 23.4 Å². The molecule has 3 aromatic rings. The molecule has 0 bridgehead atoms. The monoisotopic (exact) mass is 375 g/mol. The quantitative estimate of drug-likeness (QED) is 0.617. The zero-order valence-corrected chi connectivity index (χ0v) is 16.5. The van der Waals surface area contributed by atoms with Crippen LogP contribution in [-0.2, 0) is 0 Å². The number of ether oxygens (including phenoxy) is 1. The summed E-state index contributed by atoms with van der Waals surface area (Å²) in [6.45, 7) is 7.38. The summed E-state index contributed by atoms with van der Waals surface area (Å²) >= 11 is 0. The molecule has 1 aromatic heterocycles. The molecule has 28 heavy (non-hydrogen) atoms. The third-order valence-corrected chi connectivity index (χ3v) is 4.35. The number of nitrogens with zero attached hydrogens (tertiary/aromatic N) is 2. The van der Waals surface area contributed by atoms with E-state index in [0.717, 1.165) is 18.1 Å². The van der Waals surface area contributed by atoms with Gasteiger partial charge in [0.1, 0.15) is 11.6 Å². The molecule has 5 nitrogen and oxygen atoms in total. The Balaban J connectivity index is 1.77. The van der Waals surface area contributed by atoms with Gasteiger partial charge >= 0.3 is 0 Å². The minimum Gasteiger partial charge on any atom is -0.492 e. The number of carbonyl (C=O) groups excluding carboxylic acids is 1. The molecule has 5 heteroatoms. The maximum Gasteiger partial charge on any atom is 0.257 e. The lowest BCUT2D eigenvalue weighted by atomic mass is 10.2. The van der Waals surface area contributed by atoms with E-state index in [4.69, 9.17) is 4.74 Å². The second-order valence-corrected chi connectivity index (χ2v) is 6.37. The first kappa shape index (κ1) is 19.4. The van der Waals surface area contributed by atoms with Crippen LogP contribution in [0.4, 0.5) is 17.2 Å². The van der Waals surface area contributed by atoms with Crippen LogP contribution >= 0.6 is 0 Å². The van der Waals surface area contributed by atoms with E-state index in [1.807, 2.05) is 43.3 Å². The molecular formula is C23H25N3O2. The van der Waals surface area contributed by atoms with E-state index in [-0.39, 0.29) is 5.91 Å². The maximum atomic E-state index is 12.6. The molecule has 2 aromatic carbocycles.